The van der Waals surface area contributed by atoms with Gasteiger partial charge in [-0.25, -0.2) is 0 Å². The Morgan fingerprint density at radius 3 is 2.78 bits per heavy atom. The summed E-state index contributed by atoms with van der Waals surface area (Å²) in [7, 11) is 0. The van der Waals surface area contributed by atoms with Gasteiger partial charge in [0.05, 0.1) is 13.2 Å². The van der Waals surface area contributed by atoms with Gasteiger partial charge < -0.3 is 15.0 Å². The smallest absolute Gasteiger partial charge is 0.241 e. The minimum absolute atomic E-state index is 0.0528. The molecule has 0 spiro atoms. The first kappa shape index (κ1) is 17.7. The van der Waals surface area contributed by atoms with Crippen LogP contribution in [0.5, 0.6) is 5.75 Å². The van der Waals surface area contributed by atoms with Crippen LogP contribution in [0, 0.1) is 6.92 Å². The molecule has 4 rings (SSSR count). The van der Waals surface area contributed by atoms with Crippen LogP contribution in [0.1, 0.15) is 37.5 Å². The van der Waals surface area contributed by atoms with E-state index in [9.17, 15) is 4.79 Å². The molecule has 2 aliphatic heterocycles. The van der Waals surface area contributed by atoms with Crippen LogP contribution in [0.25, 0.3) is 6.08 Å². The van der Waals surface area contributed by atoms with E-state index >= 15 is 0 Å². The van der Waals surface area contributed by atoms with Gasteiger partial charge in [-0.2, -0.15) is 0 Å². The molecule has 1 atom stereocenters. The van der Waals surface area contributed by atoms with Crippen LogP contribution in [-0.4, -0.2) is 24.7 Å². The van der Waals surface area contributed by atoms with E-state index in [1.54, 1.807) is 0 Å². The van der Waals surface area contributed by atoms with E-state index in [1.807, 2.05) is 31.2 Å². The molecule has 0 radical (unpaired) electrons. The Morgan fingerprint density at radius 2 is 2.00 bits per heavy atom. The number of hydrogen-bond acceptors (Lipinski definition) is 3. The van der Waals surface area contributed by atoms with E-state index in [-0.39, 0.29) is 11.3 Å². The molecule has 4 heteroatoms. The quantitative estimate of drug-likeness (QED) is 0.893. The third-order valence-corrected chi connectivity index (χ3v) is 5.85. The number of benzene rings is 2. The fraction of sp³-hybridized carbons (Fsp3) is 0.348. The second kappa shape index (κ2) is 6.15. The number of nitrogens with zero attached hydrogens (tertiary/aromatic N) is 1. The van der Waals surface area contributed by atoms with Crippen molar-refractivity contribution in [2.75, 3.05) is 18.1 Å². The van der Waals surface area contributed by atoms with Crippen LogP contribution in [0.15, 0.2) is 48.5 Å². The highest BCUT2D eigenvalue weighted by Crippen LogP contribution is 2.53. The monoisotopic (exact) mass is 362 g/mol. The molecule has 0 saturated carbocycles. The first-order valence-corrected chi connectivity index (χ1v) is 9.50. The van der Waals surface area contributed by atoms with Gasteiger partial charge in [-0.3, -0.25) is 4.79 Å². The van der Waals surface area contributed by atoms with Crippen molar-refractivity contribution < 1.29 is 9.53 Å². The van der Waals surface area contributed by atoms with Crippen LogP contribution >= 0.6 is 0 Å². The number of para-hydroxylation sites is 1. The number of carbonyl (C=O) groups excluding carboxylic acids is 1. The van der Waals surface area contributed by atoms with Gasteiger partial charge in [0, 0.05) is 16.7 Å². The predicted octanol–water partition coefficient (Wildman–Crippen LogP) is 4.03. The molecule has 0 aliphatic carbocycles. The summed E-state index contributed by atoms with van der Waals surface area (Å²) in [6, 6.07) is 14.5. The van der Waals surface area contributed by atoms with Gasteiger partial charge in [0.2, 0.25) is 5.91 Å². The normalized spacial score (nSPS) is 22.7. The SMILES string of the molecule is CCOc1ccccc1C=CC12NC(=O)CN1c1ccc(C)cc1C2(C)C. The van der Waals surface area contributed by atoms with Gasteiger partial charge >= 0.3 is 0 Å². The van der Waals surface area contributed by atoms with Gasteiger partial charge in [-0.05, 0) is 37.6 Å². The second-order valence-electron chi connectivity index (χ2n) is 7.85. The fourth-order valence-electron chi connectivity index (χ4n) is 4.40. The minimum Gasteiger partial charge on any atom is -0.493 e. The molecule has 2 aromatic carbocycles. The maximum absolute atomic E-state index is 12.4. The Morgan fingerprint density at radius 1 is 1.22 bits per heavy atom. The Balaban J connectivity index is 1.82. The molecule has 1 saturated heterocycles. The number of hydrogen-bond donors (Lipinski definition) is 1. The van der Waals surface area contributed by atoms with Crippen LogP contribution < -0.4 is 15.0 Å². The highest BCUT2D eigenvalue weighted by atomic mass is 16.5. The van der Waals surface area contributed by atoms with Crippen molar-refractivity contribution in [3.63, 3.8) is 0 Å². The number of rotatable bonds is 4. The maximum atomic E-state index is 12.4. The van der Waals surface area contributed by atoms with Crippen LogP contribution in [0.3, 0.4) is 0 Å². The summed E-state index contributed by atoms with van der Waals surface area (Å²) in [6.45, 7) is 9.49. The molecule has 1 amide bonds. The molecule has 27 heavy (non-hydrogen) atoms. The van der Waals surface area contributed by atoms with E-state index < -0.39 is 5.66 Å². The first-order valence-electron chi connectivity index (χ1n) is 9.50. The Bertz CT molecular complexity index is 932. The molecule has 0 aromatic heterocycles. The summed E-state index contributed by atoms with van der Waals surface area (Å²) in [6.07, 6.45) is 4.20. The zero-order chi connectivity index (χ0) is 19.2. The molecule has 1 N–H and O–H groups in total. The Hall–Kier alpha value is -2.75. The lowest BCUT2D eigenvalue weighted by atomic mass is 9.75. The van der Waals surface area contributed by atoms with Gasteiger partial charge in [0.15, 0.2) is 0 Å². The summed E-state index contributed by atoms with van der Waals surface area (Å²) in [5.41, 5.74) is 3.79. The number of aryl methyl sites for hydroxylation is 1. The van der Waals surface area contributed by atoms with E-state index in [4.69, 9.17) is 4.74 Å². The molecule has 2 heterocycles. The zero-order valence-corrected chi connectivity index (χ0v) is 16.4. The number of nitrogens with one attached hydrogen (secondary N) is 1. The molecule has 2 aromatic rings. The molecule has 1 fully saturated rings. The van der Waals surface area contributed by atoms with E-state index in [1.165, 1.54) is 11.1 Å². The summed E-state index contributed by atoms with van der Waals surface area (Å²) in [5, 5.41) is 3.27. The fourth-order valence-corrected chi connectivity index (χ4v) is 4.40. The number of fused-ring (bicyclic) bond motifs is 3. The van der Waals surface area contributed by atoms with E-state index in [2.05, 4.69) is 61.3 Å². The lowest BCUT2D eigenvalue weighted by Crippen LogP contribution is -2.58. The zero-order valence-electron chi connectivity index (χ0n) is 16.4. The van der Waals surface area contributed by atoms with Gasteiger partial charge in [0.1, 0.15) is 11.4 Å². The van der Waals surface area contributed by atoms with E-state index in [0.717, 1.165) is 17.0 Å². The average molecular weight is 362 g/mol. The largest absolute Gasteiger partial charge is 0.493 e. The van der Waals surface area contributed by atoms with Crippen LogP contribution in [-0.2, 0) is 10.2 Å². The molecular weight excluding hydrogens is 336 g/mol. The minimum atomic E-state index is -0.584. The standard InChI is InChI=1S/C23H26N2O2/c1-5-27-20-9-7-6-8-17(20)12-13-23-22(3,4)18-14-16(2)10-11-19(18)25(23)15-21(26)24-23/h6-14H,5,15H2,1-4H3,(H,24,26). The molecular formula is C23H26N2O2. The maximum Gasteiger partial charge on any atom is 0.241 e. The third-order valence-electron chi connectivity index (χ3n) is 5.85. The average Bonchev–Trinajstić information content (AvgIpc) is 3.06. The summed E-state index contributed by atoms with van der Waals surface area (Å²) in [5.74, 6) is 0.907. The number of ether oxygens (including phenoxy) is 1. The van der Waals surface area contributed by atoms with Crippen molar-refractivity contribution in [1.29, 1.82) is 0 Å². The van der Waals surface area contributed by atoms with Crippen molar-refractivity contribution in [1.82, 2.24) is 5.32 Å². The van der Waals surface area contributed by atoms with Crippen molar-refractivity contribution in [3.05, 3.63) is 65.2 Å². The lowest BCUT2D eigenvalue weighted by Gasteiger charge is -2.40. The Kier molecular flexibility index (Phi) is 4.02. The van der Waals surface area contributed by atoms with Crippen LogP contribution in [0.4, 0.5) is 5.69 Å². The highest BCUT2D eigenvalue weighted by molar-refractivity contribution is 5.91. The summed E-state index contributed by atoms with van der Waals surface area (Å²) < 4.78 is 5.76. The number of amides is 1. The van der Waals surface area contributed by atoms with Crippen molar-refractivity contribution in [2.24, 2.45) is 0 Å². The van der Waals surface area contributed by atoms with Gasteiger partial charge in [0.25, 0.3) is 0 Å². The van der Waals surface area contributed by atoms with Crippen molar-refractivity contribution in [3.8, 4) is 5.75 Å². The molecule has 4 nitrogen and oxygen atoms in total. The van der Waals surface area contributed by atoms with E-state index in [0.29, 0.717) is 13.2 Å². The number of carbonyl (C=O) groups is 1. The van der Waals surface area contributed by atoms with Gasteiger partial charge in [-0.15, -0.1) is 0 Å². The molecule has 2 aliphatic rings. The summed E-state index contributed by atoms with van der Waals surface area (Å²) in [4.78, 5) is 14.6. The van der Waals surface area contributed by atoms with Crippen molar-refractivity contribution in [2.45, 2.75) is 38.8 Å². The Labute approximate surface area is 160 Å². The number of anilines is 1. The first-order chi connectivity index (χ1) is 12.9. The highest BCUT2D eigenvalue weighted by Gasteiger charge is 2.59. The van der Waals surface area contributed by atoms with Crippen LogP contribution in [0.2, 0.25) is 0 Å². The predicted molar refractivity (Wildman–Crippen MR) is 109 cm³/mol. The topological polar surface area (TPSA) is 41.6 Å². The third kappa shape index (κ3) is 2.54. The summed E-state index contributed by atoms with van der Waals surface area (Å²) >= 11 is 0. The lowest BCUT2D eigenvalue weighted by molar-refractivity contribution is -0.118. The molecule has 1 unspecified atom stereocenters. The molecule has 140 valence electrons. The van der Waals surface area contributed by atoms with Gasteiger partial charge in [-0.1, -0.05) is 55.8 Å². The molecule has 0 bridgehead atoms. The second-order valence-corrected chi connectivity index (χ2v) is 7.85. The van der Waals surface area contributed by atoms with Crippen molar-refractivity contribution >= 4 is 17.7 Å².